The second-order valence-corrected chi connectivity index (χ2v) is 3.30. The van der Waals surface area contributed by atoms with Crippen molar-refractivity contribution < 1.29 is 14.3 Å². The van der Waals surface area contributed by atoms with Gasteiger partial charge in [-0.15, -0.1) is 0 Å². The van der Waals surface area contributed by atoms with Gasteiger partial charge in [0.2, 0.25) is 6.79 Å². The Morgan fingerprint density at radius 1 is 1.47 bits per heavy atom. The van der Waals surface area contributed by atoms with Gasteiger partial charge in [0.1, 0.15) is 0 Å². The lowest BCUT2D eigenvalue weighted by molar-refractivity contribution is 0.0949. The molecule has 0 unspecified atom stereocenters. The Balaban J connectivity index is 2.21. The highest BCUT2D eigenvalue weighted by molar-refractivity contribution is 5.97. The lowest BCUT2D eigenvalue weighted by Gasteiger charge is -2.05. The van der Waals surface area contributed by atoms with Crippen LogP contribution in [0.2, 0.25) is 0 Å². The van der Waals surface area contributed by atoms with Crippen molar-refractivity contribution in [3.63, 3.8) is 0 Å². The maximum absolute atomic E-state index is 11.7. The number of nitrogens with one attached hydrogen (secondary N) is 1. The van der Waals surface area contributed by atoms with Crippen LogP contribution in [0.5, 0.6) is 11.5 Å². The lowest BCUT2D eigenvalue weighted by Crippen LogP contribution is -2.24. The molecule has 1 aliphatic rings. The summed E-state index contributed by atoms with van der Waals surface area (Å²) in [4.78, 5) is 11.7. The number of benzene rings is 1. The highest BCUT2D eigenvalue weighted by Crippen LogP contribution is 2.35. The minimum atomic E-state index is -0.112. The van der Waals surface area contributed by atoms with Crippen molar-refractivity contribution in [3.8, 4) is 11.5 Å². The minimum absolute atomic E-state index is 0.112. The summed E-state index contributed by atoms with van der Waals surface area (Å²) in [6, 6.07) is 5.31. The normalized spacial score (nSPS) is 12.6. The Morgan fingerprint density at radius 2 is 2.33 bits per heavy atom. The molecule has 0 bridgehead atoms. The van der Waals surface area contributed by atoms with Crippen LogP contribution in [0.25, 0.3) is 0 Å². The third-order valence-corrected chi connectivity index (χ3v) is 2.18. The molecule has 0 aliphatic carbocycles. The summed E-state index contributed by atoms with van der Waals surface area (Å²) in [6.07, 6.45) is 0.915. The van der Waals surface area contributed by atoms with Gasteiger partial charge in [-0.2, -0.15) is 0 Å². The highest BCUT2D eigenvalue weighted by atomic mass is 16.7. The first-order valence-corrected chi connectivity index (χ1v) is 4.99. The first kappa shape index (κ1) is 9.83. The second kappa shape index (κ2) is 4.21. The van der Waals surface area contributed by atoms with E-state index in [1.54, 1.807) is 18.2 Å². The fourth-order valence-corrected chi connectivity index (χ4v) is 1.44. The van der Waals surface area contributed by atoms with Gasteiger partial charge < -0.3 is 14.8 Å². The van der Waals surface area contributed by atoms with Crippen LogP contribution in [0.4, 0.5) is 0 Å². The van der Waals surface area contributed by atoms with Crippen LogP contribution in [-0.4, -0.2) is 19.2 Å². The van der Waals surface area contributed by atoms with Gasteiger partial charge in [-0.05, 0) is 18.6 Å². The Kier molecular flexibility index (Phi) is 2.76. The molecule has 0 saturated heterocycles. The van der Waals surface area contributed by atoms with E-state index in [1.165, 1.54) is 0 Å². The fraction of sp³-hybridized carbons (Fsp3) is 0.364. The maximum Gasteiger partial charge on any atom is 0.255 e. The number of ether oxygens (including phenoxy) is 2. The monoisotopic (exact) mass is 207 g/mol. The smallest absolute Gasteiger partial charge is 0.255 e. The molecule has 1 heterocycles. The van der Waals surface area contributed by atoms with Crippen LogP contribution in [0.3, 0.4) is 0 Å². The van der Waals surface area contributed by atoms with Gasteiger partial charge in [-0.3, -0.25) is 4.79 Å². The summed E-state index contributed by atoms with van der Waals surface area (Å²) < 4.78 is 10.4. The number of hydrogen-bond acceptors (Lipinski definition) is 3. The largest absolute Gasteiger partial charge is 0.454 e. The number of carbonyl (C=O) groups excluding carboxylic acids is 1. The van der Waals surface area contributed by atoms with Gasteiger partial charge in [0, 0.05) is 6.54 Å². The van der Waals surface area contributed by atoms with Gasteiger partial charge >= 0.3 is 0 Å². The van der Waals surface area contributed by atoms with Crippen molar-refractivity contribution in [1.29, 1.82) is 0 Å². The Labute approximate surface area is 88.2 Å². The summed E-state index contributed by atoms with van der Waals surface area (Å²) in [5.74, 6) is 1.07. The zero-order valence-electron chi connectivity index (χ0n) is 8.58. The van der Waals surface area contributed by atoms with Crippen molar-refractivity contribution in [2.24, 2.45) is 0 Å². The fourth-order valence-electron chi connectivity index (χ4n) is 1.44. The minimum Gasteiger partial charge on any atom is -0.454 e. The zero-order valence-corrected chi connectivity index (χ0v) is 8.58. The molecule has 0 aromatic heterocycles. The summed E-state index contributed by atoms with van der Waals surface area (Å²) in [5, 5.41) is 2.80. The lowest BCUT2D eigenvalue weighted by atomic mass is 10.1. The first-order valence-electron chi connectivity index (χ1n) is 4.99. The van der Waals surface area contributed by atoms with Gasteiger partial charge in [0.15, 0.2) is 11.5 Å². The molecule has 80 valence electrons. The average molecular weight is 207 g/mol. The number of fused-ring (bicyclic) bond motifs is 1. The molecule has 0 fully saturated rings. The summed E-state index contributed by atoms with van der Waals surface area (Å²) in [6.45, 7) is 2.87. The molecule has 4 nitrogen and oxygen atoms in total. The highest BCUT2D eigenvalue weighted by Gasteiger charge is 2.21. The Morgan fingerprint density at radius 3 is 3.13 bits per heavy atom. The van der Waals surface area contributed by atoms with E-state index in [-0.39, 0.29) is 12.7 Å². The molecular formula is C11H13NO3. The predicted molar refractivity (Wildman–Crippen MR) is 55.2 cm³/mol. The Hall–Kier alpha value is -1.71. The van der Waals surface area contributed by atoms with Crippen LogP contribution in [0.15, 0.2) is 18.2 Å². The molecule has 15 heavy (non-hydrogen) atoms. The molecule has 0 atom stereocenters. The number of amides is 1. The van der Waals surface area contributed by atoms with Crippen molar-refractivity contribution in [1.82, 2.24) is 5.32 Å². The quantitative estimate of drug-likeness (QED) is 0.818. The molecule has 1 N–H and O–H groups in total. The molecule has 0 saturated carbocycles. The average Bonchev–Trinajstić information content (AvgIpc) is 2.73. The topological polar surface area (TPSA) is 47.6 Å². The number of carbonyl (C=O) groups is 1. The van der Waals surface area contributed by atoms with E-state index in [0.717, 1.165) is 6.42 Å². The summed E-state index contributed by atoms with van der Waals surface area (Å²) in [7, 11) is 0. The van der Waals surface area contributed by atoms with Gasteiger partial charge in [0.25, 0.3) is 5.91 Å². The van der Waals surface area contributed by atoms with Crippen LogP contribution in [-0.2, 0) is 0 Å². The standard InChI is InChI=1S/C11H13NO3/c1-2-6-12-11(13)8-4-3-5-9-10(8)15-7-14-9/h3-5H,2,6-7H2,1H3,(H,12,13). The second-order valence-electron chi connectivity index (χ2n) is 3.30. The third-order valence-electron chi connectivity index (χ3n) is 2.18. The van der Waals surface area contributed by atoms with E-state index >= 15 is 0 Å². The van der Waals surface area contributed by atoms with Crippen molar-refractivity contribution in [2.75, 3.05) is 13.3 Å². The first-order chi connectivity index (χ1) is 7.33. The summed E-state index contributed by atoms with van der Waals surface area (Å²) >= 11 is 0. The van der Waals surface area contributed by atoms with Crippen molar-refractivity contribution >= 4 is 5.91 Å². The molecule has 2 rings (SSSR count). The van der Waals surface area contributed by atoms with E-state index in [9.17, 15) is 4.79 Å². The van der Waals surface area contributed by atoms with Crippen LogP contribution in [0.1, 0.15) is 23.7 Å². The van der Waals surface area contributed by atoms with Gasteiger partial charge in [-0.25, -0.2) is 0 Å². The molecule has 1 amide bonds. The molecular weight excluding hydrogens is 194 g/mol. The van der Waals surface area contributed by atoms with Gasteiger partial charge in [0.05, 0.1) is 5.56 Å². The van der Waals surface area contributed by atoms with E-state index in [2.05, 4.69) is 5.32 Å². The molecule has 1 aliphatic heterocycles. The SMILES string of the molecule is CCCNC(=O)c1cccc2c1OCO2. The van der Waals surface area contributed by atoms with E-state index < -0.39 is 0 Å². The summed E-state index contributed by atoms with van der Waals surface area (Å²) in [5.41, 5.74) is 0.540. The van der Waals surface area contributed by atoms with Crippen molar-refractivity contribution in [3.05, 3.63) is 23.8 Å². The Bertz CT molecular complexity index is 376. The van der Waals surface area contributed by atoms with E-state index in [4.69, 9.17) is 9.47 Å². The predicted octanol–water partition coefficient (Wildman–Crippen LogP) is 1.56. The van der Waals surface area contributed by atoms with E-state index in [0.29, 0.717) is 23.6 Å². The van der Waals surface area contributed by atoms with Crippen molar-refractivity contribution in [2.45, 2.75) is 13.3 Å². The molecule has 1 aromatic rings. The zero-order chi connectivity index (χ0) is 10.7. The number of para-hydroxylation sites is 1. The molecule has 4 heteroatoms. The number of hydrogen-bond donors (Lipinski definition) is 1. The van der Waals surface area contributed by atoms with Crippen LogP contribution < -0.4 is 14.8 Å². The van der Waals surface area contributed by atoms with E-state index in [1.807, 2.05) is 6.92 Å². The van der Waals surface area contributed by atoms with Gasteiger partial charge in [-0.1, -0.05) is 13.0 Å². The number of rotatable bonds is 3. The molecule has 0 radical (unpaired) electrons. The maximum atomic E-state index is 11.7. The van der Waals surface area contributed by atoms with Crippen LogP contribution in [0, 0.1) is 0 Å². The molecule has 1 aromatic carbocycles. The third kappa shape index (κ3) is 1.88. The van der Waals surface area contributed by atoms with Crippen LogP contribution >= 0.6 is 0 Å². The molecule has 0 spiro atoms.